The zero-order valence-corrected chi connectivity index (χ0v) is 11.1. The van der Waals surface area contributed by atoms with Gasteiger partial charge >= 0.3 is 0 Å². The van der Waals surface area contributed by atoms with Gasteiger partial charge in [-0.15, -0.1) is 0 Å². The van der Waals surface area contributed by atoms with Gasteiger partial charge in [0.25, 0.3) is 5.91 Å². The van der Waals surface area contributed by atoms with Gasteiger partial charge in [0.15, 0.2) is 0 Å². The van der Waals surface area contributed by atoms with Crippen molar-refractivity contribution in [3.05, 3.63) is 29.3 Å². The van der Waals surface area contributed by atoms with Gasteiger partial charge in [0.05, 0.1) is 12.7 Å². The summed E-state index contributed by atoms with van der Waals surface area (Å²) in [4.78, 5) is 14.0. The van der Waals surface area contributed by atoms with E-state index in [9.17, 15) is 4.79 Å². The van der Waals surface area contributed by atoms with E-state index in [1.807, 2.05) is 7.05 Å². The summed E-state index contributed by atoms with van der Waals surface area (Å²) < 4.78 is 5.19. The zero-order chi connectivity index (χ0) is 13.8. The summed E-state index contributed by atoms with van der Waals surface area (Å²) in [5.41, 5.74) is 1.21. The molecule has 0 bridgehead atoms. The first kappa shape index (κ1) is 13.4. The van der Waals surface area contributed by atoms with Crippen LogP contribution in [0.3, 0.4) is 0 Å². The Balaban J connectivity index is 2.28. The van der Waals surface area contributed by atoms with Crippen molar-refractivity contribution in [2.24, 2.45) is 0 Å². The van der Waals surface area contributed by atoms with Crippen molar-refractivity contribution < 1.29 is 14.6 Å². The summed E-state index contributed by atoms with van der Waals surface area (Å²) in [7, 11) is 3.38. The summed E-state index contributed by atoms with van der Waals surface area (Å²) in [6.07, 6.45) is 2.16. The molecule has 19 heavy (non-hydrogen) atoms. The van der Waals surface area contributed by atoms with Gasteiger partial charge in [-0.2, -0.15) is 0 Å². The standard InChI is InChI=1S/C15H17NO3/c1-16(13-6-7-13)15(18)12-5-8-14(19-2)11(10-12)4-3-9-17/h5,8,10,13,17H,6-7,9H2,1-2H3. The van der Waals surface area contributed by atoms with Gasteiger partial charge in [-0.25, -0.2) is 0 Å². The number of carbonyl (C=O) groups excluding carboxylic acids is 1. The molecule has 0 radical (unpaired) electrons. The summed E-state index contributed by atoms with van der Waals surface area (Å²) in [6.45, 7) is -0.219. The molecule has 1 aliphatic rings. The minimum Gasteiger partial charge on any atom is -0.495 e. The molecule has 4 nitrogen and oxygen atoms in total. The molecule has 1 N–H and O–H groups in total. The quantitative estimate of drug-likeness (QED) is 0.832. The van der Waals surface area contributed by atoms with E-state index < -0.39 is 0 Å². The monoisotopic (exact) mass is 259 g/mol. The highest BCUT2D eigenvalue weighted by Gasteiger charge is 2.30. The van der Waals surface area contributed by atoms with Gasteiger partial charge in [0.2, 0.25) is 0 Å². The van der Waals surface area contributed by atoms with E-state index in [4.69, 9.17) is 9.84 Å². The second-order valence-electron chi connectivity index (χ2n) is 4.52. The molecule has 1 amide bonds. The summed E-state index contributed by atoms with van der Waals surface area (Å²) in [6, 6.07) is 5.56. The van der Waals surface area contributed by atoms with Gasteiger partial charge < -0.3 is 14.7 Å². The Kier molecular flexibility index (Phi) is 4.08. The smallest absolute Gasteiger partial charge is 0.253 e. The fourth-order valence-electron chi connectivity index (χ4n) is 1.90. The number of amides is 1. The molecule has 0 unspecified atom stereocenters. The summed E-state index contributed by atoms with van der Waals surface area (Å²) in [5, 5.41) is 8.75. The predicted octanol–water partition coefficient (Wildman–Crippen LogP) is 1.27. The minimum atomic E-state index is -0.219. The molecule has 0 heterocycles. The number of hydrogen-bond donors (Lipinski definition) is 1. The Labute approximate surface area is 113 Å². The van der Waals surface area contributed by atoms with Crippen LogP contribution in [-0.2, 0) is 0 Å². The van der Waals surface area contributed by atoms with E-state index in [1.165, 1.54) is 0 Å². The molecule has 1 aromatic rings. The topological polar surface area (TPSA) is 49.8 Å². The van der Waals surface area contributed by atoms with E-state index in [1.54, 1.807) is 30.2 Å². The van der Waals surface area contributed by atoms with Crippen LogP contribution in [0.5, 0.6) is 5.75 Å². The van der Waals surface area contributed by atoms with Crippen LogP contribution in [-0.4, -0.2) is 42.7 Å². The molecule has 1 aliphatic carbocycles. The zero-order valence-electron chi connectivity index (χ0n) is 11.1. The highest BCUT2D eigenvalue weighted by molar-refractivity contribution is 5.95. The lowest BCUT2D eigenvalue weighted by Crippen LogP contribution is -2.28. The first-order chi connectivity index (χ1) is 9.17. The Morgan fingerprint density at radius 2 is 2.26 bits per heavy atom. The molecule has 2 rings (SSSR count). The fourth-order valence-corrected chi connectivity index (χ4v) is 1.90. The predicted molar refractivity (Wildman–Crippen MR) is 72.1 cm³/mol. The van der Waals surface area contributed by atoms with Gasteiger partial charge in [-0.3, -0.25) is 4.79 Å². The average Bonchev–Trinajstić information content (AvgIpc) is 3.27. The van der Waals surface area contributed by atoms with Crippen LogP contribution in [0.1, 0.15) is 28.8 Å². The van der Waals surface area contributed by atoms with E-state index in [2.05, 4.69) is 11.8 Å². The van der Waals surface area contributed by atoms with Crippen LogP contribution in [0.2, 0.25) is 0 Å². The van der Waals surface area contributed by atoms with Crippen molar-refractivity contribution in [3.63, 3.8) is 0 Å². The third kappa shape index (κ3) is 3.07. The molecule has 0 atom stereocenters. The Morgan fingerprint density at radius 3 is 2.84 bits per heavy atom. The molecule has 0 spiro atoms. The number of ether oxygens (including phenoxy) is 1. The third-order valence-corrected chi connectivity index (χ3v) is 3.16. The molecule has 0 aromatic heterocycles. The lowest BCUT2D eigenvalue weighted by atomic mass is 10.1. The van der Waals surface area contributed by atoms with Crippen molar-refractivity contribution in [3.8, 4) is 17.6 Å². The lowest BCUT2D eigenvalue weighted by molar-refractivity contribution is 0.0785. The number of aliphatic hydroxyl groups excluding tert-OH is 1. The molecule has 0 saturated heterocycles. The molecule has 100 valence electrons. The Morgan fingerprint density at radius 1 is 1.53 bits per heavy atom. The SMILES string of the molecule is COc1ccc(C(=O)N(C)C2CC2)cc1C#CCO. The van der Waals surface area contributed by atoms with Crippen LogP contribution in [0.15, 0.2) is 18.2 Å². The van der Waals surface area contributed by atoms with Crippen LogP contribution in [0.25, 0.3) is 0 Å². The van der Waals surface area contributed by atoms with Crippen LogP contribution >= 0.6 is 0 Å². The van der Waals surface area contributed by atoms with E-state index in [0.717, 1.165) is 12.8 Å². The maximum absolute atomic E-state index is 12.2. The Bertz CT molecular complexity index is 538. The van der Waals surface area contributed by atoms with Crippen molar-refractivity contribution in [1.29, 1.82) is 0 Å². The van der Waals surface area contributed by atoms with Gasteiger partial charge in [0.1, 0.15) is 12.4 Å². The van der Waals surface area contributed by atoms with Gasteiger partial charge in [0, 0.05) is 18.7 Å². The number of carbonyl (C=O) groups is 1. The number of benzene rings is 1. The number of aliphatic hydroxyl groups is 1. The molecule has 0 aliphatic heterocycles. The Hall–Kier alpha value is -1.99. The lowest BCUT2D eigenvalue weighted by Gasteiger charge is -2.16. The summed E-state index contributed by atoms with van der Waals surface area (Å²) in [5.74, 6) is 5.97. The van der Waals surface area contributed by atoms with Crippen molar-refractivity contribution in [1.82, 2.24) is 4.90 Å². The van der Waals surface area contributed by atoms with E-state index >= 15 is 0 Å². The number of methoxy groups -OCH3 is 1. The minimum absolute atomic E-state index is 0.00259. The molecular weight excluding hydrogens is 242 g/mol. The second-order valence-corrected chi connectivity index (χ2v) is 4.52. The molecule has 1 fully saturated rings. The van der Waals surface area contributed by atoms with Crippen molar-refractivity contribution in [2.75, 3.05) is 20.8 Å². The van der Waals surface area contributed by atoms with Crippen LogP contribution < -0.4 is 4.74 Å². The van der Waals surface area contributed by atoms with Gasteiger partial charge in [-0.1, -0.05) is 11.8 Å². The second kappa shape index (κ2) is 5.77. The summed E-state index contributed by atoms with van der Waals surface area (Å²) >= 11 is 0. The number of hydrogen-bond acceptors (Lipinski definition) is 3. The first-order valence-corrected chi connectivity index (χ1v) is 6.22. The number of rotatable bonds is 3. The molecule has 4 heteroatoms. The fraction of sp³-hybridized carbons (Fsp3) is 0.400. The third-order valence-electron chi connectivity index (χ3n) is 3.16. The highest BCUT2D eigenvalue weighted by Crippen LogP contribution is 2.27. The van der Waals surface area contributed by atoms with E-state index in [0.29, 0.717) is 22.9 Å². The van der Waals surface area contributed by atoms with Crippen molar-refractivity contribution in [2.45, 2.75) is 18.9 Å². The van der Waals surface area contributed by atoms with E-state index in [-0.39, 0.29) is 12.5 Å². The largest absolute Gasteiger partial charge is 0.495 e. The molecule has 1 aromatic carbocycles. The highest BCUT2D eigenvalue weighted by atomic mass is 16.5. The maximum Gasteiger partial charge on any atom is 0.253 e. The normalized spacial score (nSPS) is 13.4. The first-order valence-electron chi connectivity index (χ1n) is 6.22. The maximum atomic E-state index is 12.2. The average molecular weight is 259 g/mol. The van der Waals surface area contributed by atoms with Crippen LogP contribution in [0, 0.1) is 11.8 Å². The van der Waals surface area contributed by atoms with Crippen molar-refractivity contribution >= 4 is 5.91 Å². The van der Waals surface area contributed by atoms with Crippen LogP contribution in [0.4, 0.5) is 0 Å². The van der Waals surface area contributed by atoms with Gasteiger partial charge in [-0.05, 0) is 31.0 Å². The molecule has 1 saturated carbocycles. The molecular formula is C15H17NO3. The number of nitrogens with zero attached hydrogens (tertiary/aromatic N) is 1.